The van der Waals surface area contributed by atoms with E-state index in [-0.39, 0.29) is 6.10 Å². The summed E-state index contributed by atoms with van der Waals surface area (Å²) in [6.07, 6.45) is 0.726. The molecule has 0 saturated heterocycles. The number of ether oxygens (including phenoxy) is 2. The Bertz CT molecular complexity index is 568. The lowest BCUT2D eigenvalue weighted by Crippen LogP contribution is -2.36. The van der Waals surface area contributed by atoms with Crippen molar-refractivity contribution in [3.05, 3.63) is 24.3 Å². The first-order valence-electron chi connectivity index (χ1n) is 6.06. The molecule has 0 radical (unpaired) electrons. The first-order valence-corrected chi connectivity index (χ1v) is 7.90. The zero-order valence-corrected chi connectivity index (χ0v) is 12.8. The van der Waals surface area contributed by atoms with Crippen molar-refractivity contribution in [2.24, 2.45) is 0 Å². The second-order valence-corrected chi connectivity index (χ2v) is 6.39. The van der Waals surface area contributed by atoms with Gasteiger partial charge >= 0.3 is 5.97 Å². The van der Waals surface area contributed by atoms with E-state index >= 15 is 0 Å². The van der Waals surface area contributed by atoms with Crippen molar-refractivity contribution < 1.29 is 22.7 Å². The van der Waals surface area contributed by atoms with Gasteiger partial charge in [-0.05, 0) is 26.0 Å². The maximum absolute atomic E-state index is 11.9. The Balaban J connectivity index is 3.11. The fraction of sp³-hybridized carbons (Fsp3) is 0.462. The molecule has 1 aromatic rings. The third-order valence-electron chi connectivity index (χ3n) is 2.39. The van der Waals surface area contributed by atoms with E-state index in [0.717, 1.165) is 10.6 Å². The van der Waals surface area contributed by atoms with Crippen LogP contribution in [0.3, 0.4) is 0 Å². The zero-order chi connectivity index (χ0) is 15.3. The number of nitrogens with zero attached hydrogens (tertiary/aromatic N) is 1. The Morgan fingerprint density at radius 2 is 1.90 bits per heavy atom. The topological polar surface area (TPSA) is 72.9 Å². The Labute approximate surface area is 119 Å². The minimum atomic E-state index is -3.63. The zero-order valence-electron chi connectivity index (χ0n) is 12.0. The average molecular weight is 301 g/mol. The van der Waals surface area contributed by atoms with Gasteiger partial charge in [-0.2, -0.15) is 0 Å². The number of para-hydroxylation sites is 2. The van der Waals surface area contributed by atoms with Crippen LogP contribution >= 0.6 is 0 Å². The van der Waals surface area contributed by atoms with E-state index in [1.54, 1.807) is 38.1 Å². The molecular weight excluding hydrogens is 282 g/mol. The van der Waals surface area contributed by atoms with Crippen LogP contribution in [0.5, 0.6) is 5.75 Å². The van der Waals surface area contributed by atoms with Crippen LogP contribution in [0.1, 0.15) is 13.8 Å². The third-order valence-corrected chi connectivity index (χ3v) is 3.52. The van der Waals surface area contributed by atoms with E-state index in [1.807, 2.05) is 0 Å². The summed E-state index contributed by atoms with van der Waals surface area (Å²) in [5, 5.41) is 0. The quantitative estimate of drug-likeness (QED) is 0.743. The van der Waals surface area contributed by atoms with Crippen molar-refractivity contribution in [3.8, 4) is 5.75 Å². The summed E-state index contributed by atoms with van der Waals surface area (Å²) in [6.45, 7) is 3.01. The second-order valence-electron chi connectivity index (χ2n) is 4.48. The highest BCUT2D eigenvalue weighted by Crippen LogP contribution is 2.29. The van der Waals surface area contributed by atoms with E-state index < -0.39 is 22.5 Å². The highest BCUT2D eigenvalue weighted by molar-refractivity contribution is 7.92. The van der Waals surface area contributed by atoms with Gasteiger partial charge in [0.05, 0.1) is 25.2 Å². The molecule has 0 aliphatic heterocycles. The maximum atomic E-state index is 11.9. The third kappa shape index (κ3) is 4.41. The average Bonchev–Trinajstić information content (AvgIpc) is 2.33. The van der Waals surface area contributed by atoms with Gasteiger partial charge in [0.15, 0.2) is 0 Å². The molecule has 0 aliphatic rings. The van der Waals surface area contributed by atoms with Gasteiger partial charge in [0.1, 0.15) is 12.3 Å². The predicted octanol–water partition coefficient (Wildman–Crippen LogP) is 1.41. The number of benzene rings is 1. The van der Waals surface area contributed by atoms with Crippen molar-refractivity contribution in [1.82, 2.24) is 0 Å². The molecule has 1 rings (SSSR count). The summed E-state index contributed by atoms with van der Waals surface area (Å²) in [6, 6.07) is 6.59. The Hall–Kier alpha value is -1.76. The van der Waals surface area contributed by atoms with Crippen molar-refractivity contribution in [3.63, 3.8) is 0 Å². The molecule has 6 nitrogen and oxygen atoms in total. The molecule has 0 heterocycles. The van der Waals surface area contributed by atoms with Crippen LogP contribution in [-0.4, -0.2) is 40.4 Å². The lowest BCUT2D eigenvalue weighted by molar-refractivity contribution is -0.145. The summed E-state index contributed by atoms with van der Waals surface area (Å²) < 4.78 is 34.8. The monoisotopic (exact) mass is 301 g/mol. The van der Waals surface area contributed by atoms with Crippen LogP contribution in [0.2, 0.25) is 0 Å². The van der Waals surface area contributed by atoms with E-state index in [4.69, 9.17) is 9.47 Å². The molecule has 0 fully saturated rings. The van der Waals surface area contributed by atoms with Crippen LogP contribution in [0.15, 0.2) is 24.3 Å². The summed E-state index contributed by atoms with van der Waals surface area (Å²) >= 11 is 0. The Kier molecular flexibility index (Phi) is 5.38. The largest absolute Gasteiger partial charge is 0.495 e. The van der Waals surface area contributed by atoms with Crippen molar-refractivity contribution in [1.29, 1.82) is 0 Å². The standard InChI is InChI=1S/C13H19NO5S/c1-10(2)19-13(15)9-14(20(4,16)17)11-7-5-6-8-12(11)18-3/h5-8,10H,9H2,1-4H3. The van der Waals surface area contributed by atoms with Gasteiger partial charge in [0, 0.05) is 0 Å². The smallest absolute Gasteiger partial charge is 0.327 e. The van der Waals surface area contributed by atoms with Crippen LogP contribution in [-0.2, 0) is 19.6 Å². The normalized spacial score (nSPS) is 11.2. The number of hydrogen-bond donors (Lipinski definition) is 0. The van der Waals surface area contributed by atoms with Crippen molar-refractivity contribution >= 4 is 21.7 Å². The van der Waals surface area contributed by atoms with Crippen molar-refractivity contribution in [2.75, 3.05) is 24.2 Å². The molecule has 0 unspecified atom stereocenters. The van der Waals surface area contributed by atoms with Crippen LogP contribution in [0, 0.1) is 0 Å². The fourth-order valence-corrected chi connectivity index (χ4v) is 2.48. The van der Waals surface area contributed by atoms with Crippen LogP contribution < -0.4 is 9.04 Å². The van der Waals surface area contributed by atoms with Crippen LogP contribution in [0.4, 0.5) is 5.69 Å². The van der Waals surface area contributed by atoms with Gasteiger partial charge in [-0.1, -0.05) is 12.1 Å². The number of sulfonamides is 1. The molecule has 0 bridgehead atoms. The summed E-state index contributed by atoms with van der Waals surface area (Å²) in [7, 11) is -2.19. The lowest BCUT2D eigenvalue weighted by atomic mass is 10.3. The molecule has 0 aliphatic carbocycles. The fourth-order valence-electron chi connectivity index (χ4n) is 1.63. The SMILES string of the molecule is COc1ccccc1N(CC(=O)OC(C)C)S(C)(=O)=O. The van der Waals surface area contributed by atoms with E-state index in [0.29, 0.717) is 11.4 Å². The number of anilines is 1. The summed E-state index contributed by atoms with van der Waals surface area (Å²) in [4.78, 5) is 11.7. The van der Waals surface area contributed by atoms with E-state index in [9.17, 15) is 13.2 Å². The molecule has 0 N–H and O–H groups in total. The molecule has 112 valence electrons. The predicted molar refractivity (Wildman–Crippen MR) is 76.4 cm³/mol. The molecule has 0 aromatic heterocycles. The number of rotatable bonds is 6. The molecule has 0 amide bonds. The second kappa shape index (κ2) is 6.60. The van der Waals surface area contributed by atoms with Crippen molar-refractivity contribution in [2.45, 2.75) is 20.0 Å². The lowest BCUT2D eigenvalue weighted by Gasteiger charge is -2.23. The number of hydrogen-bond acceptors (Lipinski definition) is 5. The first kappa shape index (κ1) is 16.3. The van der Waals surface area contributed by atoms with Gasteiger partial charge in [-0.3, -0.25) is 9.10 Å². The maximum Gasteiger partial charge on any atom is 0.327 e. The van der Waals surface area contributed by atoms with Gasteiger partial charge < -0.3 is 9.47 Å². The molecule has 0 atom stereocenters. The van der Waals surface area contributed by atoms with E-state index in [1.165, 1.54) is 7.11 Å². The number of esters is 1. The molecule has 7 heteroatoms. The Morgan fingerprint density at radius 3 is 2.40 bits per heavy atom. The molecule has 1 aromatic carbocycles. The van der Waals surface area contributed by atoms with Crippen LogP contribution in [0.25, 0.3) is 0 Å². The van der Waals surface area contributed by atoms with E-state index in [2.05, 4.69) is 0 Å². The summed E-state index contributed by atoms with van der Waals surface area (Å²) in [5.41, 5.74) is 0.304. The highest BCUT2D eigenvalue weighted by Gasteiger charge is 2.24. The number of carbonyl (C=O) groups is 1. The summed E-state index contributed by atoms with van der Waals surface area (Å²) in [5.74, 6) is -0.244. The van der Waals surface area contributed by atoms with Gasteiger partial charge in [-0.25, -0.2) is 8.42 Å². The Morgan fingerprint density at radius 1 is 1.30 bits per heavy atom. The van der Waals surface area contributed by atoms with Gasteiger partial charge in [0.2, 0.25) is 10.0 Å². The minimum absolute atomic E-state index is 0.304. The number of carbonyl (C=O) groups excluding carboxylic acids is 1. The molecule has 0 saturated carbocycles. The molecule has 0 spiro atoms. The number of methoxy groups -OCH3 is 1. The molecule has 20 heavy (non-hydrogen) atoms. The van der Waals surface area contributed by atoms with Gasteiger partial charge in [0.25, 0.3) is 0 Å². The highest BCUT2D eigenvalue weighted by atomic mass is 32.2. The van der Waals surface area contributed by atoms with Gasteiger partial charge in [-0.15, -0.1) is 0 Å². The first-order chi connectivity index (χ1) is 9.25. The molecular formula is C13H19NO5S. The minimum Gasteiger partial charge on any atom is -0.495 e.